The van der Waals surface area contributed by atoms with Gasteiger partial charge in [0.05, 0.1) is 0 Å². The van der Waals surface area contributed by atoms with Crippen LogP contribution in [0.25, 0.3) is 0 Å². The molecule has 0 aromatic heterocycles. The molecule has 0 saturated carbocycles. The molecular weight excluding hydrogens is 279 g/mol. The molecule has 0 spiro atoms. The largest absolute Gasteiger partial charge is 0.423 e. The zero-order valence-electron chi connectivity index (χ0n) is 7.72. The minimum atomic E-state index is -5.33. The number of halogens is 4. The maximum absolute atomic E-state index is 13.6. The first kappa shape index (κ1) is 13.4. The highest BCUT2D eigenvalue weighted by atomic mass is 31.3. The molecule has 90 valence electrons. The highest BCUT2D eigenvalue weighted by molar-refractivity contribution is 7.79. The van der Waals surface area contributed by atoms with Crippen LogP contribution in [0.4, 0.5) is 16.8 Å². The molecule has 0 amide bonds. The summed E-state index contributed by atoms with van der Waals surface area (Å²) < 4.78 is 69.0. The molecule has 0 N–H and O–H groups in total. The fourth-order valence-corrected chi connectivity index (χ4v) is 7.26. The van der Waals surface area contributed by atoms with Gasteiger partial charge in [0.25, 0.3) is 7.52 Å². The zero-order chi connectivity index (χ0) is 11.7. The molecule has 1 aliphatic heterocycles. The Morgan fingerprint density at radius 1 is 1.00 bits per heavy atom. The van der Waals surface area contributed by atoms with E-state index in [9.17, 15) is 16.8 Å². The number of hydrogen-bond donors (Lipinski definition) is 0. The standard InChI is InChI=1S/C3H8F4N3O2P3/c1-11-3-13(4)8-14(5,6)10-15(7,9-13)12-2/h3H2,1-2H3. The second-order valence-corrected chi connectivity index (χ2v) is 8.35. The summed E-state index contributed by atoms with van der Waals surface area (Å²) in [5, 5.41) is 0. The maximum atomic E-state index is 13.6. The maximum Gasteiger partial charge on any atom is 0.423 e. The Balaban J connectivity index is 3.36. The van der Waals surface area contributed by atoms with Crippen LogP contribution < -0.4 is 0 Å². The van der Waals surface area contributed by atoms with Gasteiger partial charge in [-0.3, -0.25) is 0 Å². The molecule has 12 heteroatoms. The molecule has 1 heterocycles. The predicted octanol–water partition coefficient (Wildman–Crippen LogP) is 5.05. The topological polar surface area (TPSA) is 55.5 Å². The van der Waals surface area contributed by atoms with E-state index < -0.39 is 29.4 Å². The van der Waals surface area contributed by atoms with Gasteiger partial charge in [0, 0.05) is 14.2 Å². The normalized spacial score (nSPS) is 38.8. The molecule has 0 aliphatic carbocycles. The van der Waals surface area contributed by atoms with Crippen LogP contribution in [0.15, 0.2) is 13.5 Å². The average Bonchev–Trinajstić information content (AvgIpc) is 1.99. The Bertz CT molecular complexity index is 417. The van der Waals surface area contributed by atoms with E-state index in [0.29, 0.717) is 0 Å². The Hall–Kier alpha value is 0.330. The van der Waals surface area contributed by atoms with Crippen molar-refractivity contribution in [2.24, 2.45) is 13.5 Å². The monoisotopic (exact) mass is 287 g/mol. The molecule has 0 fully saturated rings. The lowest BCUT2D eigenvalue weighted by atomic mass is 11.5. The molecule has 0 saturated heterocycles. The Labute approximate surface area is 84.1 Å². The van der Waals surface area contributed by atoms with Crippen LogP contribution in [-0.2, 0) is 9.26 Å². The molecule has 2 atom stereocenters. The summed E-state index contributed by atoms with van der Waals surface area (Å²) in [4.78, 5) is 0. The van der Waals surface area contributed by atoms with Crippen molar-refractivity contribution < 1.29 is 26.0 Å². The van der Waals surface area contributed by atoms with E-state index in [1.165, 1.54) is 0 Å². The van der Waals surface area contributed by atoms with Gasteiger partial charge in [-0.25, -0.2) is 0 Å². The third-order valence-electron chi connectivity index (χ3n) is 1.24. The Kier molecular flexibility index (Phi) is 3.84. The van der Waals surface area contributed by atoms with Gasteiger partial charge < -0.3 is 9.26 Å². The van der Waals surface area contributed by atoms with E-state index in [2.05, 4.69) is 22.8 Å². The number of nitrogens with zero attached hydrogens (tertiary/aromatic N) is 3. The summed E-state index contributed by atoms with van der Waals surface area (Å²) in [6, 6.07) is 0. The van der Waals surface area contributed by atoms with Crippen molar-refractivity contribution in [2.45, 2.75) is 0 Å². The van der Waals surface area contributed by atoms with Crippen molar-refractivity contribution in [2.75, 3.05) is 20.6 Å². The minimum Gasteiger partial charge on any atom is -0.374 e. The highest BCUT2D eigenvalue weighted by Gasteiger charge is 2.38. The highest BCUT2D eigenvalue weighted by Crippen LogP contribution is 2.80. The molecule has 0 aromatic carbocycles. The van der Waals surface area contributed by atoms with Crippen LogP contribution in [0.3, 0.4) is 0 Å². The van der Waals surface area contributed by atoms with Crippen LogP contribution in [0.2, 0.25) is 0 Å². The van der Waals surface area contributed by atoms with Gasteiger partial charge in [-0.05, 0) is 0 Å². The number of methoxy groups -OCH3 is 1. The molecule has 1 rings (SSSR count). The van der Waals surface area contributed by atoms with Crippen molar-refractivity contribution in [3.8, 4) is 0 Å². The van der Waals surface area contributed by atoms with Crippen LogP contribution in [0.1, 0.15) is 0 Å². The van der Waals surface area contributed by atoms with Crippen molar-refractivity contribution in [3.05, 3.63) is 0 Å². The summed E-state index contributed by atoms with van der Waals surface area (Å²) in [5.41, 5.74) is 0. The molecule has 0 radical (unpaired) electrons. The summed E-state index contributed by atoms with van der Waals surface area (Å²) in [6.07, 6.45) is -0.785. The lowest BCUT2D eigenvalue weighted by Gasteiger charge is -2.18. The van der Waals surface area contributed by atoms with Crippen LogP contribution >= 0.6 is 23.1 Å². The van der Waals surface area contributed by atoms with Gasteiger partial charge in [0.2, 0.25) is 0 Å². The first-order chi connectivity index (χ1) is 6.74. The Morgan fingerprint density at radius 2 is 1.60 bits per heavy atom. The first-order valence-corrected chi connectivity index (χ1v) is 8.23. The van der Waals surface area contributed by atoms with Gasteiger partial charge in [0.15, 0.2) is 0 Å². The molecule has 0 aromatic rings. The van der Waals surface area contributed by atoms with Gasteiger partial charge in [-0.2, -0.15) is 17.4 Å². The average molecular weight is 287 g/mol. The second kappa shape index (κ2) is 4.30. The van der Waals surface area contributed by atoms with Gasteiger partial charge in [-0.1, -0.05) is 0 Å². The van der Waals surface area contributed by atoms with Crippen LogP contribution in [0.5, 0.6) is 0 Å². The number of ether oxygens (including phenoxy) is 1. The van der Waals surface area contributed by atoms with Crippen LogP contribution in [-0.4, -0.2) is 20.6 Å². The van der Waals surface area contributed by atoms with E-state index in [1.54, 1.807) is 0 Å². The summed E-state index contributed by atoms with van der Waals surface area (Å²) in [5.74, 6) is 0. The quantitative estimate of drug-likeness (QED) is 0.538. The fourth-order valence-electron chi connectivity index (χ4n) is 0.809. The third-order valence-corrected chi connectivity index (χ3v) is 7.97. The minimum absolute atomic E-state index is 0.785. The van der Waals surface area contributed by atoms with Crippen LogP contribution in [0, 0.1) is 0 Å². The first-order valence-electron chi connectivity index (χ1n) is 3.48. The molecular formula is C3H8F4N3O2P3. The van der Waals surface area contributed by atoms with E-state index in [1.807, 2.05) is 0 Å². The molecule has 0 bridgehead atoms. The SMILES string of the molecule is COCP1(F)=NP(F)(F)=NP(F)(OC)=N1. The van der Waals surface area contributed by atoms with Gasteiger partial charge in [-0.15, -0.1) is 12.9 Å². The second-order valence-electron chi connectivity index (χ2n) is 2.44. The van der Waals surface area contributed by atoms with E-state index >= 15 is 0 Å². The lowest BCUT2D eigenvalue weighted by Crippen LogP contribution is -1.88. The molecule has 15 heavy (non-hydrogen) atoms. The van der Waals surface area contributed by atoms with E-state index in [0.717, 1.165) is 14.2 Å². The fraction of sp³-hybridized carbons (Fsp3) is 1.00. The lowest BCUT2D eigenvalue weighted by molar-refractivity contribution is 0.250. The predicted molar refractivity (Wildman–Crippen MR) is 51.4 cm³/mol. The smallest absolute Gasteiger partial charge is 0.374 e. The molecule has 5 nitrogen and oxygen atoms in total. The number of rotatable bonds is 3. The summed E-state index contributed by atoms with van der Waals surface area (Å²) in [7, 11) is -12.3. The summed E-state index contributed by atoms with van der Waals surface area (Å²) >= 11 is 0. The van der Waals surface area contributed by atoms with Gasteiger partial charge in [0.1, 0.15) is 6.35 Å². The molecule has 1 aliphatic rings. The van der Waals surface area contributed by atoms with Crippen molar-refractivity contribution in [1.29, 1.82) is 0 Å². The zero-order valence-corrected chi connectivity index (χ0v) is 10.4. The molecule has 2 unspecified atom stereocenters. The Morgan fingerprint density at radius 3 is 2.07 bits per heavy atom. The van der Waals surface area contributed by atoms with E-state index in [4.69, 9.17) is 0 Å². The van der Waals surface area contributed by atoms with Crippen molar-refractivity contribution in [3.63, 3.8) is 0 Å². The van der Waals surface area contributed by atoms with E-state index in [-0.39, 0.29) is 0 Å². The number of hydrogen-bond acceptors (Lipinski definition) is 5. The summed E-state index contributed by atoms with van der Waals surface area (Å²) in [6.45, 7) is 0. The van der Waals surface area contributed by atoms with Crippen molar-refractivity contribution >= 4 is 23.1 Å². The third kappa shape index (κ3) is 3.40. The van der Waals surface area contributed by atoms with Crippen molar-refractivity contribution in [1.82, 2.24) is 0 Å². The van der Waals surface area contributed by atoms with Gasteiger partial charge >= 0.3 is 15.6 Å².